The highest BCUT2D eigenvalue weighted by Crippen LogP contribution is 2.42. The van der Waals surface area contributed by atoms with Crippen LogP contribution in [0.2, 0.25) is 0 Å². The standard InChI is InChI=1S/C17H26N2/c1-15-12-18-10-9-17(15)8-5-11-19(14-17)13-16-6-3-2-4-7-16/h2-4,6-7,15,18H,5,8-14H2,1H3. The summed E-state index contributed by atoms with van der Waals surface area (Å²) in [6.07, 6.45) is 4.16. The molecule has 0 bridgehead atoms. The molecular weight excluding hydrogens is 232 g/mol. The summed E-state index contributed by atoms with van der Waals surface area (Å²) in [5, 5.41) is 3.55. The van der Waals surface area contributed by atoms with E-state index in [1.54, 1.807) is 0 Å². The third-order valence-corrected chi connectivity index (χ3v) is 5.23. The van der Waals surface area contributed by atoms with Gasteiger partial charge in [-0.1, -0.05) is 37.3 Å². The number of likely N-dealkylation sites (tertiary alicyclic amines) is 1. The first kappa shape index (κ1) is 13.1. The molecule has 0 aromatic heterocycles. The number of rotatable bonds is 2. The van der Waals surface area contributed by atoms with E-state index in [4.69, 9.17) is 0 Å². The second kappa shape index (κ2) is 5.64. The lowest BCUT2D eigenvalue weighted by Crippen LogP contribution is -2.52. The molecule has 2 heteroatoms. The molecule has 0 amide bonds. The van der Waals surface area contributed by atoms with Crippen molar-refractivity contribution in [3.8, 4) is 0 Å². The van der Waals surface area contributed by atoms with Crippen LogP contribution in [0.3, 0.4) is 0 Å². The average Bonchev–Trinajstić information content (AvgIpc) is 2.44. The maximum Gasteiger partial charge on any atom is 0.0233 e. The van der Waals surface area contributed by atoms with Gasteiger partial charge in [0.15, 0.2) is 0 Å². The lowest BCUT2D eigenvalue weighted by Gasteiger charge is -2.49. The van der Waals surface area contributed by atoms with Crippen molar-refractivity contribution in [2.75, 3.05) is 26.2 Å². The molecule has 0 saturated carbocycles. The summed E-state index contributed by atoms with van der Waals surface area (Å²) in [4.78, 5) is 2.68. The third kappa shape index (κ3) is 2.85. The summed E-state index contributed by atoms with van der Waals surface area (Å²) in [7, 11) is 0. The van der Waals surface area contributed by atoms with Crippen molar-refractivity contribution in [3.63, 3.8) is 0 Å². The molecule has 19 heavy (non-hydrogen) atoms. The van der Waals surface area contributed by atoms with E-state index in [2.05, 4.69) is 47.5 Å². The molecule has 2 fully saturated rings. The van der Waals surface area contributed by atoms with Gasteiger partial charge in [0.25, 0.3) is 0 Å². The van der Waals surface area contributed by atoms with Gasteiger partial charge in [0, 0.05) is 13.1 Å². The SMILES string of the molecule is CC1CNCCC12CCCN(Cc1ccccc1)C2. The van der Waals surface area contributed by atoms with Crippen LogP contribution in [0.1, 0.15) is 31.7 Å². The summed E-state index contributed by atoms with van der Waals surface area (Å²) in [6, 6.07) is 10.9. The molecule has 3 rings (SSSR count). The maximum absolute atomic E-state index is 3.55. The van der Waals surface area contributed by atoms with E-state index in [1.807, 2.05) is 0 Å². The average molecular weight is 258 g/mol. The minimum Gasteiger partial charge on any atom is -0.316 e. The molecule has 104 valence electrons. The third-order valence-electron chi connectivity index (χ3n) is 5.23. The van der Waals surface area contributed by atoms with Crippen LogP contribution >= 0.6 is 0 Å². The highest BCUT2D eigenvalue weighted by molar-refractivity contribution is 5.14. The number of hydrogen-bond acceptors (Lipinski definition) is 2. The van der Waals surface area contributed by atoms with E-state index in [0.29, 0.717) is 5.41 Å². The zero-order valence-electron chi connectivity index (χ0n) is 12.1. The van der Waals surface area contributed by atoms with Crippen molar-refractivity contribution in [1.29, 1.82) is 0 Å². The Morgan fingerprint density at radius 3 is 2.89 bits per heavy atom. The van der Waals surface area contributed by atoms with Crippen molar-refractivity contribution in [2.45, 2.75) is 32.7 Å². The minimum atomic E-state index is 0.582. The largest absolute Gasteiger partial charge is 0.316 e. The molecule has 2 aliphatic heterocycles. The molecular formula is C17H26N2. The predicted octanol–water partition coefficient (Wildman–Crippen LogP) is 2.90. The second-order valence-electron chi connectivity index (χ2n) is 6.52. The first-order valence-corrected chi connectivity index (χ1v) is 7.75. The molecule has 2 nitrogen and oxygen atoms in total. The van der Waals surface area contributed by atoms with Crippen LogP contribution in [0, 0.1) is 11.3 Å². The predicted molar refractivity (Wildman–Crippen MR) is 80.0 cm³/mol. The fourth-order valence-corrected chi connectivity index (χ4v) is 3.96. The molecule has 0 aliphatic carbocycles. The Morgan fingerprint density at radius 2 is 2.11 bits per heavy atom. The molecule has 1 spiro atoms. The van der Waals surface area contributed by atoms with Crippen molar-refractivity contribution < 1.29 is 0 Å². The van der Waals surface area contributed by atoms with Crippen LogP contribution in [-0.2, 0) is 6.54 Å². The molecule has 0 radical (unpaired) electrons. The number of hydrogen-bond donors (Lipinski definition) is 1. The first-order valence-electron chi connectivity index (χ1n) is 7.75. The van der Waals surface area contributed by atoms with Crippen molar-refractivity contribution >= 4 is 0 Å². The highest BCUT2D eigenvalue weighted by Gasteiger charge is 2.41. The molecule has 1 N–H and O–H groups in total. The van der Waals surface area contributed by atoms with Gasteiger partial charge < -0.3 is 5.32 Å². The first-order chi connectivity index (χ1) is 9.28. The van der Waals surface area contributed by atoms with E-state index in [1.165, 1.54) is 51.0 Å². The van der Waals surface area contributed by atoms with Crippen molar-refractivity contribution in [2.24, 2.45) is 11.3 Å². The van der Waals surface area contributed by atoms with Gasteiger partial charge in [-0.25, -0.2) is 0 Å². The van der Waals surface area contributed by atoms with E-state index >= 15 is 0 Å². The van der Waals surface area contributed by atoms with E-state index < -0.39 is 0 Å². The number of nitrogens with zero attached hydrogens (tertiary/aromatic N) is 1. The normalized spacial score (nSPS) is 32.6. The zero-order chi connectivity index (χ0) is 13.1. The lowest BCUT2D eigenvalue weighted by molar-refractivity contribution is 0.0142. The Balaban J connectivity index is 1.67. The molecule has 1 aromatic carbocycles. The smallest absolute Gasteiger partial charge is 0.0233 e. The van der Waals surface area contributed by atoms with E-state index in [9.17, 15) is 0 Å². The number of benzene rings is 1. The van der Waals surface area contributed by atoms with Crippen LogP contribution in [0.15, 0.2) is 30.3 Å². The molecule has 2 aliphatic rings. The van der Waals surface area contributed by atoms with Crippen LogP contribution in [0.5, 0.6) is 0 Å². The molecule has 2 heterocycles. The fourth-order valence-electron chi connectivity index (χ4n) is 3.96. The zero-order valence-corrected chi connectivity index (χ0v) is 12.1. The Labute approximate surface area is 117 Å². The van der Waals surface area contributed by atoms with Gasteiger partial charge >= 0.3 is 0 Å². The fraction of sp³-hybridized carbons (Fsp3) is 0.647. The summed E-state index contributed by atoms with van der Waals surface area (Å²) in [6.45, 7) is 8.56. The van der Waals surface area contributed by atoms with Crippen LogP contribution in [-0.4, -0.2) is 31.1 Å². The molecule has 2 atom stereocenters. The van der Waals surface area contributed by atoms with Crippen LogP contribution in [0.4, 0.5) is 0 Å². The summed E-state index contributed by atoms with van der Waals surface area (Å²) in [5.41, 5.74) is 2.04. The van der Waals surface area contributed by atoms with Gasteiger partial charge in [-0.05, 0) is 55.8 Å². The Hall–Kier alpha value is -0.860. The van der Waals surface area contributed by atoms with Crippen molar-refractivity contribution in [1.82, 2.24) is 10.2 Å². The maximum atomic E-state index is 3.55. The lowest BCUT2D eigenvalue weighted by atomic mass is 9.66. The van der Waals surface area contributed by atoms with Crippen LogP contribution < -0.4 is 5.32 Å². The number of nitrogens with one attached hydrogen (secondary N) is 1. The van der Waals surface area contributed by atoms with Gasteiger partial charge in [0.1, 0.15) is 0 Å². The summed E-state index contributed by atoms with van der Waals surface area (Å²) in [5.74, 6) is 0.819. The van der Waals surface area contributed by atoms with Crippen LogP contribution in [0.25, 0.3) is 0 Å². The highest BCUT2D eigenvalue weighted by atomic mass is 15.1. The quantitative estimate of drug-likeness (QED) is 0.877. The Morgan fingerprint density at radius 1 is 1.26 bits per heavy atom. The van der Waals surface area contributed by atoms with Crippen molar-refractivity contribution in [3.05, 3.63) is 35.9 Å². The topological polar surface area (TPSA) is 15.3 Å². The monoisotopic (exact) mass is 258 g/mol. The summed E-state index contributed by atoms with van der Waals surface area (Å²) < 4.78 is 0. The molecule has 1 aromatic rings. The van der Waals surface area contributed by atoms with Gasteiger partial charge in [0.2, 0.25) is 0 Å². The second-order valence-corrected chi connectivity index (χ2v) is 6.52. The van der Waals surface area contributed by atoms with Gasteiger partial charge in [-0.2, -0.15) is 0 Å². The number of piperidine rings is 2. The molecule has 2 saturated heterocycles. The Bertz CT molecular complexity index is 399. The van der Waals surface area contributed by atoms with Gasteiger partial charge in [-0.3, -0.25) is 4.90 Å². The Kier molecular flexibility index (Phi) is 3.90. The van der Waals surface area contributed by atoms with Gasteiger partial charge in [0.05, 0.1) is 0 Å². The minimum absolute atomic E-state index is 0.582. The summed E-state index contributed by atoms with van der Waals surface area (Å²) >= 11 is 0. The van der Waals surface area contributed by atoms with Gasteiger partial charge in [-0.15, -0.1) is 0 Å². The molecule has 2 unspecified atom stereocenters. The van der Waals surface area contributed by atoms with E-state index in [0.717, 1.165) is 12.5 Å². The van der Waals surface area contributed by atoms with E-state index in [-0.39, 0.29) is 0 Å².